The zero-order valence-electron chi connectivity index (χ0n) is 26.5. The van der Waals surface area contributed by atoms with E-state index in [9.17, 15) is 38.7 Å². The number of hydrogen-bond acceptors (Lipinski definition) is 7. The van der Waals surface area contributed by atoms with Gasteiger partial charge in [-0.2, -0.15) is 0 Å². The predicted molar refractivity (Wildman–Crippen MR) is 170 cm³/mol. The van der Waals surface area contributed by atoms with E-state index in [1.54, 1.807) is 33.8 Å². The number of primary amides is 2. The molecule has 0 saturated carbocycles. The Hall–Kier alpha value is -5.01. The van der Waals surface area contributed by atoms with Crippen LogP contribution >= 0.6 is 0 Å². The van der Waals surface area contributed by atoms with Gasteiger partial charge in [-0.3, -0.25) is 28.8 Å². The maximum Gasteiger partial charge on any atom is 0.405 e. The van der Waals surface area contributed by atoms with E-state index in [4.69, 9.17) is 11.5 Å². The number of carboxylic acid groups (broad SMARTS) is 1. The first-order valence-electron chi connectivity index (χ1n) is 15.1. The first-order valence-corrected chi connectivity index (χ1v) is 15.1. The van der Waals surface area contributed by atoms with E-state index in [-0.39, 0.29) is 31.6 Å². The molecule has 0 radical (unpaired) electrons. The van der Waals surface area contributed by atoms with Crippen LogP contribution < -0.4 is 32.7 Å². The van der Waals surface area contributed by atoms with Crippen molar-refractivity contribution in [2.24, 2.45) is 23.3 Å². The molecular formula is C32H44N6O8. The van der Waals surface area contributed by atoms with Crippen LogP contribution in [-0.4, -0.2) is 70.7 Å². The standard InChI is InChI=1S/C32H44N6O8/c1-5-18(4)26(38-30(43)24(14-17(2)3)37-32(45)46)27(40)31(44)35-22(12-13-25(33)39)29(42)36-23(28(34)41)16-19-10-11-20-8-6-7-9-21(20)15-19/h6-11,15,17-18,22-24,26,37H,5,12-14,16H2,1-4H3,(H2,33,39)(H2,34,41)(H,35,44)(H,36,42)(H,38,43)(H,45,46)/t18-,22-,23-,24-,26?/m0/s1. The predicted octanol–water partition coefficient (Wildman–Crippen LogP) is 0.885. The zero-order valence-corrected chi connectivity index (χ0v) is 26.5. The third-order valence-electron chi connectivity index (χ3n) is 7.55. The molecule has 0 heterocycles. The lowest BCUT2D eigenvalue weighted by atomic mass is 9.93. The van der Waals surface area contributed by atoms with Gasteiger partial charge in [-0.25, -0.2) is 4.79 Å². The van der Waals surface area contributed by atoms with Crippen LogP contribution in [-0.2, 0) is 35.2 Å². The molecule has 0 saturated heterocycles. The Bertz CT molecular complexity index is 1440. The number of amides is 6. The summed E-state index contributed by atoms with van der Waals surface area (Å²) >= 11 is 0. The molecule has 250 valence electrons. The molecule has 0 aliphatic rings. The minimum atomic E-state index is -1.46. The Balaban J connectivity index is 2.24. The number of rotatable bonds is 18. The van der Waals surface area contributed by atoms with Gasteiger partial charge in [-0.1, -0.05) is 76.6 Å². The van der Waals surface area contributed by atoms with Crippen molar-refractivity contribution in [3.8, 4) is 0 Å². The van der Waals surface area contributed by atoms with Gasteiger partial charge in [0, 0.05) is 12.8 Å². The first-order chi connectivity index (χ1) is 21.6. The van der Waals surface area contributed by atoms with Crippen molar-refractivity contribution in [2.45, 2.75) is 84.0 Å². The fraction of sp³-hybridized carbons (Fsp3) is 0.469. The van der Waals surface area contributed by atoms with Gasteiger partial charge in [0.05, 0.1) is 6.04 Å². The number of fused-ring (bicyclic) bond motifs is 1. The van der Waals surface area contributed by atoms with Crippen LogP contribution in [0.5, 0.6) is 0 Å². The van der Waals surface area contributed by atoms with E-state index in [2.05, 4.69) is 21.3 Å². The molecule has 46 heavy (non-hydrogen) atoms. The van der Waals surface area contributed by atoms with Gasteiger partial charge in [0.25, 0.3) is 5.91 Å². The number of benzene rings is 2. The third kappa shape index (κ3) is 11.5. The summed E-state index contributed by atoms with van der Waals surface area (Å²) < 4.78 is 0. The first kappa shape index (κ1) is 37.2. The van der Waals surface area contributed by atoms with Crippen molar-refractivity contribution in [1.82, 2.24) is 21.3 Å². The number of carbonyl (C=O) groups is 7. The summed E-state index contributed by atoms with van der Waals surface area (Å²) in [5.74, 6) is -6.21. The Labute approximate surface area is 267 Å². The number of nitrogens with one attached hydrogen (secondary N) is 4. The average molecular weight is 641 g/mol. The van der Waals surface area contributed by atoms with Crippen LogP contribution in [0.3, 0.4) is 0 Å². The summed E-state index contributed by atoms with van der Waals surface area (Å²) in [5, 5.41) is 20.5. The van der Waals surface area contributed by atoms with Crippen molar-refractivity contribution >= 4 is 52.2 Å². The molecule has 2 rings (SSSR count). The van der Waals surface area contributed by atoms with Gasteiger partial charge < -0.3 is 37.8 Å². The Morgan fingerprint density at radius 1 is 0.783 bits per heavy atom. The molecule has 2 aromatic carbocycles. The van der Waals surface area contributed by atoms with Crippen LogP contribution in [0.1, 0.15) is 58.9 Å². The maximum atomic E-state index is 13.4. The lowest BCUT2D eigenvalue weighted by Gasteiger charge is -2.27. The maximum absolute atomic E-state index is 13.4. The SMILES string of the molecule is CC[C@H](C)C(NC(=O)[C@H](CC(C)C)NC(=O)O)C(=O)C(=O)N[C@@H](CCC(N)=O)C(=O)N[C@@H](Cc1ccc2ccccc2c1)C(N)=O. The van der Waals surface area contributed by atoms with Crippen LogP contribution in [0.15, 0.2) is 42.5 Å². The van der Waals surface area contributed by atoms with E-state index in [1.807, 2.05) is 36.4 Å². The second kappa shape index (κ2) is 17.5. The fourth-order valence-corrected chi connectivity index (χ4v) is 4.83. The molecule has 0 spiro atoms. The molecule has 14 heteroatoms. The summed E-state index contributed by atoms with van der Waals surface area (Å²) in [5.41, 5.74) is 11.6. The molecule has 2 aromatic rings. The normalized spacial score (nSPS) is 14.3. The van der Waals surface area contributed by atoms with Gasteiger partial charge in [-0.15, -0.1) is 0 Å². The summed E-state index contributed by atoms with van der Waals surface area (Å²) in [6, 6.07) is 7.89. The lowest BCUT2D eigenvalue weighted by molar-refractivity contribution is -0.142. The summed E-state index contributed by atoms with van der Waals surface area (Å²) in [6.45, 7) is 6.94. The molecule has 9 N–H and O–H groups in total. The summed E-state index contributed by atoms with van der Waals surface area (Å²) in [6.07, 6.45) is -1.51. The number of Topliss-reactive ketones (excluding diaryl/α,β-unsaturated/α-hetero) is 1. The summed E-state index contributed by atoms with van der Waals surface area (Å²) in [4.78, 5) is 88.0. The van der Waals surface area contributed by atoms with Crippen LogP contribution in [0.2, 0.25) is 0 Å². The molecule has 14 nitrogen and oxygen atoms in total. The van der Waals surface area contributed by atoms with E-state index in [1.165, 1.54) is 0 Å². The molecular weight excluding hydrogens is 596 g/mol. The monoisotopic (exact) mass is 640 g/mol. The molecule has 6 amide bonds. The van der Waals surface area contributed by atoms with Gasteiger partial charge in [0.1, 0.15) is 18.1 Å². The minimum absolute atomic E-state index is 0.0331. The Morgan fingerprint density at radius 3 is 1.98 bits per heavy atom. The largest absolute Gasteiger partial charge is 0.465 e. The highest BCUT2D eigenvalue weighted by Gasteiger charge is 2.35. The average Bonchev–Trinajstić information content (AvgIpc) is 2.99. The minimum Gasteiger partial charge on any atom is -0.465 e. The molecule has 1 unspecified atom stereocenters. The van der Waals surface area contributed by atoms with Crippen molar-refractivity contribution in [2.75, 3.05) is 0 Å². The van der Waals surface area contributed by atoms with E-state index < -0.39 is 71.5 Å². The van der Waals surface area contributed by atoms with Crippen LogP contribution in [0.25, 0.3) is 10.8 Å². The van der Waals surface area contributed by atoms with Crippen molar-refractivity contribution in [1.29, 1.82) is 0 Å². The quantitative estimate of drug-likeness (QED) is 0.115. The van der Waals surface area contributed by atoms with Gasteiger partial charge in [-0.05, 0) is 41.0 Å². The Kier molecular flexibility index (Phi) is 14.1. The number of hydrogen-bond donors (Lipinski definition) is 7. The van der Waals surface area contributed by atoms with Gasteiger partial charge in [0.15, 0.2) is 0 Å². The number of nitrogens with two attached hydrogens (primary N) is 2. The lowest BCUT2D eigenvalue weighted by Crippen LogP contribution is -2.58. The second-order valence-corrected chi connectivity index (χ2v) is 11.7. The van der Waals surface area contributed by atoms with Crippen molar-refractivity contribution < 1.29 is 38.7 Å². The van der Waals surface area contributed by atoms with E-state index in [0.29, 0.717) is 12.0 Å². The molecule has 5 atom stereocenters. The molecule has 0 bridgehead atoms. The van der Waals surface area contributed by atoms with E-state index >= 15 is 0 Å². The zero-order chi connectivity index (χ0) is 34.6. The molecule has 0 aliphatic carbocycles. The van der Waals surface area contributed by atoms with Crippen molar-refractivity contribution in [3.05, 3.63) is 48.0 Å². The molecule has 0 aromatic heterocycles. The van der Waals surface area contributed by atoms with Crippen molar-refractivity contribution in [3.63, 3.8) is 0 Å². The number of carbonyl (C=O) groups excluding carboxylic acids is 6. The van der Waals surface area contributed by atoms with Gasteiger partial charge in [0.2, 0.25) is 29.4 Å². The highest BCUT2D eigenvalue weighted by atomic mass is 16.4. The van der Waals surface area contributed by atoms with Crippen LogP contribution in [0.4, 0.5) is 4.79 Å². The number of ketones is 1. The highest BCUT2D eigenvalue weighted by molar-refractivity contribution is 6.39. The second-order valence-electron chi connectivity index (χ2n) is 11.7. The Morgan fingerprint density at radius 2 is 1.41 bits per heavy atom. The topological polar surface area (TPSA) is 240 Å². The van der Waals surface area contributed by atoms with Gasteiger partial charge >= 0.3 is 6.09 Å². The summed E-state index contributed by atoms with van der Waals surface area (Å²) in [7, 11) is 0. The van der Waals surface area contributed by atoms with E-state index in [0.717, 1.165) is 10.8 Å². The van der Waals surface area contributed by atoms with Crippen LogP contribution in [0, 0.1) is 11.8 Å². The molecule has 0 aliphatic heterocycles. The highest BCUT2D eigenvalue weighted by Crippen LogP contribution is 2.17. The molecule has 0 fully saturated rings. The fourth-order valence-electron chi connectivity index (χ4n) is 4.83. The smallest absolute Gasteiger partial charge is 0.405 e. The third-order valence-corrected chi connectivity index (χ3v) is 7.55.